The summed E-state index contributed by atoms with van der Waals surface area (Å²) in [5, 5.41) is 7.98. The topological polar surface area (TPSA) is 59.4 Å². The van der Waals surface area contributed by atoms with Crippen LogP contribution in [0.25, 0.3) is 0 Å². The van der Waals surface area contributed by atoms with Crippen molar-refractivity contribution < 1.29 is 9.53 Å². The van der Waals surface area contributed by atoms with Crippen LogP contribution in [0, 0.1) is 5.92 Å². The van der Waals surface area contributed by atoms with E-state index in [0.29, 0.717) is 30.6 Å². The zero-order valence-electron chi connectivity index (χ0n) is 15.2. The maximum absolute atomic E-state index is 12.1. The Hall–Kier alpha value is -1.40. The van der Waals surface area contributed by atoms with Crippen molar-refractivity contribution in [1.29, 1.82) is 0 Å². The van der Waals surface area contributed by atoms with Gasteiger partial charge in [0.05, 0.1) is 24.4 Å². The highest BCUT2D eigenvalue weighted by Crippen LogP contribution is 2.35. The molecule has 1 aliphatic heterocycles. The molecule has 134 valence electrons. The van der Waals surface area contributed by atoms with Crippen LogP contribution in [0.4, 0.5) is 0 Å². The zero-order chi connectivity index (χ0) is 17.3. The second kappa shape index (κ2) is 7.23. The first kappa shape index (κ1) is 17.4. The molecule has 1 saturated heterocycles. The molecule has 1 aromatic heterocycles. The molecule has 0 spiro atoms. The molecule has 3 rings (SSSR count). The highest BCUT2D eigenvalue weighted by atomic mass is 16.5. The van der Waals surface area contributed by atoms with E-state index in [-0.39, 0.29) is 11.9 Å². The summed E-state index contributed by atoms with van der Waals surface area (Å²) in [6, 6.07) is 0.668. The Kier molecular flexibility index (Phi) is 5.25. The monoisotopic (exact) mass is 334 g/mol. The number of carbonyl (C=O) groups is 1. The van der Waals surface area contributed by atoms with Gasteiger partial charge in [0.15, 0.2) is 0 Å². The molecule has 0 unspecified atom stereocenters. The number of nitrogens with zero attached hydrogens (tertiary/aromatic N) is 3. The molecule has 2 fully saturated rings. The molecule has 2 heterocycles. The maximum atomic E-state index is 12.1. The Morgan fingerprint density at radius 1 is 1.38 bits per heavy atom. The molecule has 2 atom stereocenters. The van der Waals surface area contributed by atoms with E-state index >= 15 is 0 Å². The normalized spacial score (nSPS) is 30.7. The number of carbonyl (C=O) groups excluding carboxylic acids is 1. The van der Waals surface area contributed by atoms with Gasteiger partial charge in [-0.3, -0.25) is 9.48 Å². The molecule has 1 N–H and O–H groups in total. The number of nitrogens with one attached hydrogen (secondary N) is 1. The van der Waals surface area contributed by atoms with Crippen LogP contribution in [0.5, 0.6) is 0 Å². The average Bonchev–Trinajstić information content (AvgIpc) is 2.90. The summed E-state index contributed by atoms with van der Waals surface area (Å²) >= 11 is 0. The Balaban J connectivity index is 1.56. The van der Waals surface area contributed by atoms with E-state index in [1.54, 1.807) is 0 Å². The second-order valence-electron chi connectivity index (χ2n) is 7.58. The van der Waals surface area contributed by atoms with E-state index in [2.05, 4.69) is 24.3 Å². The molecule has 0 bridgehead atoms. The van der Waals surface area contributed by atoms with Gasteiger partial charge in [0.25, 0.3) is 0 Å². The predicted molar refractivity (Wildman–Crippen MR) is 92.5 cm³/mol. The van der Waals surface area contributed by atoms with Crippen LogP contribution >= 0.6 is 0 Å². The first-order valence-corrected chi connectivity index (χ1v) is 9.07. The summed E-state index contributed by atoms with van der Waals surface area (Å²) in [5.74, 6) is 0.663. The standard InChI is InChI=1S/C18H30N4O2/c1-12(2)24-16-7-15(8-16)19-9-13-5-6-17(23)22(4)18(13)14-10-20-21(3)11-14/h10-13,15-16,18-19H,5-9H2,1-4H3/t13-,15?,16?,18+/m1/s1. The van der Waals surface area contributed by atoms with Gasteiger partial charge in [-0.05, 0) is 39.0 Å². The average molecular weight is 334 g/mol. The fourth-order valence-electron chi connectivity index (χ4n) is 3.96. The number of piperidine rings is 1. The van der Waals surface area contributed by atoms with E-state index in [1.165, 1.54) is 0 Å². The van der Waals surface area contributed by atoms with Crippen LogP contribution in [0.1, 0.15) is 51.1 Å². The number of rotatable bonds is 6. The summed E-state index contributed by atoms with van der Waals surface area (Å²) < 4.78 is 7.64. The van der Waals surface area contributed by atoms with Gasteiger partial charge in [-0.15, -0.1) is 0 Å². The van der Waals surface area contributed by atoms with Crippen molar-refractivity contribution in [3.05, 3.63) is 18.0 Å². The van der Waals surface area contributed by atoms with Gasteiger partial charge < -0.3 is 15.0 Å². The van der Waals surface area contributed by atoms with Crippen molar-refractivity contribution in [3.8, 4) is 0 Å². The molecule has 6 nitrogen and oxygen atoms in total. The molecular formula is C18H30N4O2. The van der Waals surface area contributed by atoms with Gasteiger partial charge in [0, 0.05) is 44.9 Å². The summed E-state index contributed by atoms with van der Waals surface area (Å²) in [5.41, 5.74) is 1.13. The number of hydrogen-bond acceptors (Lipinski definition) is 4. The molecule has 6 heteroatoms. The highest BCUT2D eigenvalue weighted by molar-refractivity contribution is 5.77. The lowest BCUT2D eigenvalue weighted by Crippen LogP contribution is -2.50. The van der Waals surface area contributed by atoms with Gasteiger partial charge in [-0.25, -0.2) is 0 Å². The molecular weight excluding hydrogens is 304 g/mol. The Labute approximate surface area is 144 Å². The lowest BCUT2D eigenvalue weighted by molar-refractivity contribution is -0.137. The third-order valence-corrected chi connectivity index (χ3v) is 5.28. The molecule has 2 aliphatic rings. The van der Waals surface area contributed by atoms with Crippen molar-refractivity contribution in [2.75, 3.05) is 13.6 Å². The third-order valence-electron chi connectivity index (χ3n) is 5.28. The van der Waals surface area contributed by atoms with Crippen molar-refractivity contribution in [2.45, 2.75) is 63.8 Å². The first-order chi connectivity index (χ1) is 11.4. The van der Waals surface area contributed by atoms with Crippen molar-refractivity contribution in [1.82, 2.24) is 20.0 Å². The Morgan fingerprint density at radius 3 is 2.75 bits per heavy atom. The van der Waals surface area contributed by atoms with Gasteiger partial charge in [-0.2, -0.15) is 5.10 Å². The minimum Gasteiger partial charge on any atom is -0.375 e. The minimum atomic E-state index is 0.121. The largest absolute Gasteiger partial charge is 0.375 e. The van der Waals surface area contributed by atoms with E-state index in [9.17, 15) is 4.79 Å². The van der Waals surface area contributed by atoms with Crippen LogP contribution in [0.2, 0.25) is 0 Å². The summed E-state index contributed by atoms with van der Waals surface area (Å²) in [4.78, 5) is 14.0. The lowest BCUT2D eigenvalue weighted by Gasteiger charge is -2.41. The molecule has 0 aromatic carbocycles. The van der Waals surface area contributed by atoms with Gasteiger partial charge in [-0.1, -0.05) is 0 Å². The number of aromatic nitrogens is 2. The quantitative estimate of drug-likeness (QED) is 0.863. The Morgan fingerprint density at radius 2 is 2.12 bits per heavy atom. The maximum Gasteiger partial charge on any atom is 0.222 e. The smallest absolute Gasteiger partial charge is 0.222 e. The number of likely N-dealkylation sites (tertiary alicyclic amines) is 1. The van der Waals surface area contributed by atoms with Gasteiger partial charge in [0.2, 0.25) is 5.91 Å². The fourth-order valence-corrected chi connectivity index (χ4v) is 3.96. The van der Waals surface area contributed by atoms with Crippen molar-refractivity contribution in [2.24, 2.45) is 13.0 Å². The fraction of sp³-hybridized carbons (Fsp3) is 0.778. The number of amides is 1. The van der Waals surface area contributed by atoms with Gasteiger partial charge >= 0.3 is 0 Å². The van der Waals surface area contributed by atoms with E-state index in [1.807, 2.05) is 36.1 Å². The van der Waals surface area contributed by atoms with Crippen molar-refractivity contribution >= 4 is 5.91 Å². The molecule has 1 amide bonds. The van der Waals surface area contributed by atoms with Crippen LogP contribution < -0.4 is 5.32 Å². The molecule has 1 aromatic rings. The predicted octanol–water partition coefficient (Wildman–Crippen LogP) is 1.88. The highest BCUT2D eigenvalue weighted by Gasteiger charge is 2.37. The summed E-state index contributed by atoms with van der Waals surface area (Å²) in [7, 11) is 3.84. The minimum absolute atomic E-state index is 0.121. The summed E-state index contributed by atoms with van der Waals surface area (Å²) in [6.07, 6.45) is 8.41. The zero-order valence-corrected chi connectivity index (χ0v) is 15.2. The number of hydrogen-bond donors (Lipinski definition) is 1. The second-order valence-corrected chi connectivity index (χ2v) is 7.58. The molecule has 24 heavy (non-hydrogen) atoms. The van der Waals surface area contributed by atoms with Crippen LogP contribution in [-0.2, 0) is 16.6 Å². The number of ether oxygens (including phenoxy) is 1. The van der Waals surface area contributed by atoms with Crippen molar-refractivity contribution in [3.63, 3.8) is 0 Å². The first-order valence-electron chi connectivity index (χ1n) is 9.07. The van der Waals surface area contributed by atoms with E-state index in [4.69, 9.17) is 4.74 Å². The molecule has 0 radical (unpaired) electrons. The Bertz CT molecular complexity index is 565. The molecule has 1 aliphatic carbocycles. The summed E-state index contributed by atoms with van der Waals surface area (Å²) in [6.45, 7) is 5.12. The van der Waals surface area contributed by atoms with E-state index in [0.717, 1.165) is 31.4 Å². The SMILES string of the molecule is CC(C)OC1CC(NC[C@H]2CCC(=O)N(C)[C@@H]2c2cnn(C)c2)C1. The van der Waals surface area contributed by atoms with Crippen LogP contribution in [0.15, 0.2) is 12.4 Å². The third kappa shape index (κ3) is 3.81. The number of aryl methyl sites for hydroxylation is 1. The van der Waals surface area contributed by atoms with Gasteiger partial charge in [0.1, 0.15) is 0 Å². The van der Waals surface area contributed by atoms with Crippen LogP contribution in [-0.4, -0.2) is 52.4 Å². The lowest BCUT2D eigenvalue weighted by atomic mass is 9.84. The molecule has 1 saturated carbocycles. The van der Waals surface area contributed by atoms with E-state index < -0.39 is 0 Å². The van der Waals surface area contributed by atoms with Crippen LogP contribution in [0.3, 0.4) is 0 Å².